The maximum atomic E-state index is 13.0. The number of rotatable bonds is 5. The number of aromatic nitrogens is 3. The van der Waals surface area contributed by atoms with Crippen LogP contribution in [0.4, 0.5) is 0 Å². The van der Waals surface area contributed by atoms with E-state index in [1.54, 1.807) is 13.0 Å². The minimum atomic E-state index is -0.958. The molecule has 7 nitrogen and oxygen atoms in total. The van der Waals surface area contributed by atoms with Gasteiger partial charge in [-0.25, -0.2) is 14.2 Å². The molecule has 0 aliphatic carbocycles. The fraction of sp³-hybridized carbons (Fsp3) is 0.304. The predicted molar refractivity (Wildman–Crippen MR) is 122 cm³/mol. The zero-order valence-corrected chi connectivity index (χ0v) is 18.6. The van der Waals surface area contributed by atoms with Crippen LogP contribution < -0.4 is 11.2 Å². The molecule has 8 heteroatoms. The first-order chi connectivity index (χ1) is 14.8. The molecule has 1 N–H and O–H groups in total. The average Bonchev–Trinajstić information content (AvgIpc) is 3.13. The molecule has 0 saturated heterocycles. The number of fused-ring (bicyclic) bond motifs is 2. The van der Waals surface area contributed by atoms with Crippen molar-refractivity contribution in [1.29, 1.82) is 0 Å². The number of methoxy groups -OCH3 is 1. The summed E-state index contributed by atoms with van der Waals surface area (Å²) in [5.41, 5.74) is 3.64. The number of nitrogens with one attached hydrogen (secondary N) is 1. The summed E-state index contributed by atoms with van der Waals surface area (Å²) in [6.45, 7) is 5.86. The van der Waals surface area contributed by atoms with Crippen LogP contribution in [0.15, 0.2) is 39.9 Å². The number of H-pyrrole nitrogens is 1. The molecule has 2 heterocycles. The first-order valence-electron chi connectivity index (χ1n) is 10.0. The van der Waals surface area contributed by atoms with Crippen molar-refractivity contribution < 1.29 is 9.53 Å². The summed E-state index contributed by atoms with van der Waals surface area (Å²) in [5, 5.41) is 1.51. The Hall–Kier alpha value is -3.26. The van der Waals surface area contributed by atoms with Crippen molar-refractivity contribution in [1.82, 2.24) is 13.9 Å². The summed E-state index contributed by atoms with van der Waals surface area (Å²) in [5.74, 6) is -0.617. The third-order valence-corrected chi connectivity index (χ3v) is 6.38. The molecular formula is C23H23N3O4S. The Morgan fingerprint density at radius 2 is 2.00 bits per heavy atom. The van der Waals surface area contributed by atoms with Crippen molar-refractivity contribution >= 4 is 39.3 Å². The van der Waals surface area contributed by atoms with E-state index in [2.05, 4.69) is 35.3 Å². The average molecular weight is 438 g/mol. The van der Waals surface area contributed by atoms with E-state index in [0.29, 0.717) is 17.3 Å². The second-order valence-electron chi connectivity index (χ2n) is 7.69. The molecular weight excluding hydrogens is 414 g/mol. The highest BCUT2D eigenvalue weighted by Crippen LogP contribution is 2.29. The standard InChI is InChI=1S/C23H23N3O4S/c1-5-18(22(28)30-4)26-21(27)15-7-6-14(10-16(15)24-23(26)29)11-19-20-13(3)8-12(2)9-17(20)25-31-19/h6-10,18H,5,11H2,1-4H3,(H,24,29)/t18-/m1/s1. The Morgan fingerprint density at radius 3 is 2.71 bits per heavy atom. The molecule has 0 saturated carbocycles. The van der Waals surface area contributed by atoms with Crippen LogP contribution in [0, 0.1) is 13.8 Å². The molecule has 31 heavy (non-hydrogen) atoms. The zero-order valence-electron chi connectivity index (χ0n) is 17.8. The first kappa shape index (κ1) is 21.0. The topological polar surface area (TPSA) is 94.1 Å². The van der Waals surface area contributed by atoms with Gasteiger partial charge in [0.1, 0.15) is 6.04 Å². The van der Waals surface area contributed by atoms with Gasteiger partial charge < -0.3 is 9.72 Å². The number of carbonyl (C=O) groups is 1. The summed E-state index contributed by atoms with van der Waals surface area (Å²) in [6, 6.07) is 8.65. The Morgan fingerprint density at radius 1 is 1.23 bits per heavy atom. The molecule has 1 atom stereocenters. The number of hydrogen-bond donors (Lipinski definition) is 1. The van der Waals surface area contributed by atoms with Gasteiger partial charge in [0.15, 0.2) is 0 Å². The maximum absolute atomic E-state index is 13.0. The highest BCUT2D eigenvalue weighted by Gasteiger charge is 2.24. The molecule has 0 aliphatic heterocycles. The summed E-state index contributed by atoms with van der Waals surface area (Å²) < 4.78 is 10.3. The molecule has 0 fully saturated rings. The molecule has 0 unspecified atom stereocenters. The Bertz CT molecular complexity index is 1430. The summed E-state index contributed by atoms with van der Waals surface area (Å²) in [6.07, 6.45) is 0.919. The monoisotopic (exact) mass is 437 g/mol. The van der Waals surface area contributed by atoms with Crippen LogP contribution in [0.5, 0.6) is 0 Å². The molecule has 0 amide bonds. The second-order valence-corrected chi connectivity index (χ2v) is 8.55. The van der Waals surface area contributed by atoms with Crippen LogP contribution in [0.1, 0.15) is 41.0 Å². The van der Waals surface area contributed by atoms with Crippen molar-refractivity contribution in [3.8, 4) is 0 Å². The van der Waals surface area contributed by atoms with Gasteiger partial charge in [0.25, 0.3) is 5.56 Å². The quantitative estimate of drug-likeness (QED) is 0.481. The lowest BCUT2D eigenvalue weighted by Gasteiger charge is -2.15. The van der Waals surface area contributed by atoms with Crippen molar-refractivity contribution in [2.24, 2.45) is 0 Å². The van der Waals surface area contributed by atoms with E-state index in [0.717, 1.165) is 25.9 Å². The van der Waals surface area contributed by atoms with Gasteiger partial charge in [0, 0.05) is 16.7 Å². The van der Waals surface area contributed by atoms with E-state index in [-0.39, 0.29) is 6.42 Å². The van der Waals surface area contributed by atoms with Crippen LogP contribution in [0.25, 0.3) is 21.8 Å². The molecule has 4 rings (SSSR count). The van der Waals surface area contributed by atoms with Gasteiger partial charge in [0.05, 0.1) is 23.5 Å². The Kier molecular flexibility index (Phi) is 5.49. The smallest absolute Gasteiger partial charge is 0.329 e. The SMILES string of the molecule is CC[C@H](C(=O)OC)n1c(=O)[nH]c2cc(Cc3snc4cc(C)cc(C)c34)ccc2c1=O. The zero-order chi connectivity index (χ0) is 22.3. The third-order valence-electron chi connectivity index (χ3n) is 5.52. The summed E-state index contributed by atoms with van der Waals surface area (Å²) >= 11 is 1.47. The normalized spacial score (nSPS) is 12.4. The van der Waals surface area contributed by atoms with Crippen LogP contribution in [0.2, 0.25) is 0 Å². The van der Waals surface area contributed by atoms with Gasteiger partial charge >= 0.3 is 11.7 Å². The van der Waals surface area contributed by atoms with Crippen LogP contribution in [-0.4, -0.2) is 27.0 Å². The number of hydrogen-bond acceptors (Lipinski definition) is 6. The van der Waals surface area contributed by atoms with Gasteiger partial charge in [-0.15, -0.1) is 0 Å². The molecule has 4 aromatic rings. The molecule has 0 aliphatic rings. The molecule has 160 valence electrons. The summed E-state index contributed by atoms with van der Waals surface area (Å²) in [7, 11) is 1.24. The van der Waals surface area contributed by atoms with Crippen molar-refractivity contribution in [2.75, 3.05) is 7.11 Å². The van der Waals surface area contributed by atoms with Crippen molar-refractivity contribution in [3.63, 3.8) is 0 Å². The van der Waals surface area contributed by atoms with Gasteiger partial charge in [-0.2, -0.15) is 4.37 Å². The molecule has 0 bridgehead atoms. The highest BCUT2D eigenvalue weighted by atomic mass is 32.1. The highest BCUT2D eigenvalue weighted by molar-refractivity contribution is 7.07. The Balaban J connectivity index is 1.78. The number of benzene rings is 2. The van der Waals surface area contributed by atoms with Gasteiger partial charge in [-0.3, -0.25) is 4.79 Å². The maximum Gasteiger partial charge on any atom is 0.329 e. The van der Waals surface area contributed by atoms with E-state index in [1.165, 1.54) is 29.8 Å². The lowest BCUT2D eigenvalue weighted by molar-refractivity contribution is -0.144. The first-order valence-corrected chi connectivity index (χ1v) is 10.8. The largest absolute Gasteiger partial charge is 0.467 e. The van der Waals surface area contributed by atoms with Crippen molar-refractivity contribution in [2.45, 2.75) is 39.7 Å². The molecule has 2 aromatic carbocycles. The lowest BCUT2D eigenvalue weighted by atomic mass is 10.0. The van der Waals surface area contributed by atoms with E-state index >= 15 is 0 Å². The van der Waals surface area contributed by atoms with E-state index < -0.39 is 23.3 Å². The number of aromatic amines is 1. The fourth-order valence-electron chi connectivity index (χ4n) is 4.10. The van der Waals surface area contributed by atoms with Crippen LogP contribution in [-0.2, 0) is 16.0 Å². The van der Waals surface area contributed by atoms with Crippen LogP contribution >= 0.6 is 11.5 Å². The minimum Gasteiger partial charge on any atom is -0.467 e. The van der Waals surface area contributed by atoms with Gasteiger partial charge in [0.2, 0.25) is 0 Å². The number of ether oxygens (including phenoxy) is 1. The number of carbonyl (C=O) groups excluding carboxylic acids is 1. The van der Waals surface area contributed by atoms with Crippen LogP contribution in [0.3, 0.4) is 0 Å². The van der Waals surface area contributed by atoms with Gasteiger partial charge in [-0.1, -0.05) is 19.1 Å². The third kappa shape index (κ3) is 3.67. The minimum absolute atomic E-state index is 0.274. The summed E-state index contributed by atoms with van der Waals surface area (Å²) in [4.78, 5) is 41.5. The fourth-order valence-corrected chi connectivity index (χ4v) is 5.04. The number of nitrogens with zero attached hydrogens (tertiary/aromatic N) is 2. The Labute approximate surface area is 182 Å². The van der Waals surface area contributed by atoms with Gasteiger partial charge in [-0.05, 0) is 66.7 Å². The lowest BCUT2D eigenvalue weighted by Crippen LogP contribution is -2.41. The van der Waals surface area contributed by atoms with Crippen molar-refractivity contribution in [3.05, 3.63) is 72.7 Å². The predicted octanol–water partition coefficient (Wildman–Crippen LogP) is 3.63. The molecule has 0 radical (unpaired) electrons. The van der Waals surface area contributed by atoms with E-state index in [1.807, 2.05) is 12.1 Å². The molecule has 2 aromatic heterocycles. The van der Waals surface area contributed by atoms with E-state index in [9.17, 15) is 14.4 Å². The molecule has 0 spiro atoms. The number of esters is 1. The van der Waals surface area contributed by atoms with E-state index in [4.69, 9.17) is 4.74 Å². The second kappa shape index (κ2) is 8.11. The number of aryl methyl sites for hydroxylation is 2.